The number of rotatable bonds is 4. The van der Waals surface area contributed by atoms with E-state index in [2.05, 4.69) is 50.8 Å². The highest BCUT2D eigenvalue weighted by Crippen LogP contribution is 2.36. The van der Waals surface area contributed by atoms with Crippen LogP contribution in [0.3, 0.4) is 0 Å². The second-order valence-corrected chi connectivity index (χ2v) is 6.40. The summed E-state index contributed by atoms with van der Waals surface area (Å²) in [5.74, 6) is 0.852. The molecule has 0 saturated heterocycles. The fourth-order valence-electron chi connectivity index (χ4n) is 2.71. The van der Waals surface area contributed by atoms with Gasteiger partial charge in [-0.2, -0.15) is 0 Å². The molecular formula is C19H16N4S. The molecule has 5 heteroatoms. The molecule has 0 spiro atoms. The largest absolute Gasteiger partial charge is 0.364 e. The minimum absolute atomic E-state index is 0.642. The van der Waals surface area contributed by atoms with E-state index in [0.717, 1.165) is 27.3 Å². The van der Waals surface area contributed by atoms with E-state index in [1.54, 1.807) is 17.7 Å². The SMILES string of the molecule is Cc1cccnc1CNc1ncnc2scc(-c3ccccc3)c12. The van der Waals surface area contributed by atoms with Crippen LogP contribution in [-0.4, -0.2) is 15.0 Å². The topological polar surface area (TPSA) is 50.7 Å². The quantitative estimate of drug-likeness (QED) is 0.590. The molecule has 0 aliphatic rings. The minimum atomic E-state index is 0.642. The van der Waals surface area contributed by atoms with Crippen LogP contribution in [0.2, 0.25) is 0 Å². The zero-order valence-corrected chi connectivity index (χ0v) is 14.0. The van der Waals surface area contributed by atoms with E-state index in [0.29, 0.717) is 6.54 Å². The lowest BCUT2D eigenvalue weighted by Gasteiger charge is -2.09. The van der Waals surface area contributed by atoms with Crippen molar-refractivity contribution in [2.24, 2.45) is 0 Å². The molecule has 0 atom stereocenters. The van der Waals surface area contributed by atoms with Gasteiger partial charge in [-0.3, -0.25) is 4.98 Å². The average molecular weight is 332 g/mol. The van der Waals surface area contributed by atoms with Gasteiger partial charge in [0.15, 0.2) is 0 Å². The summed E-state index contributed by atoms with van der Waals surface area (Å²) in [6.07, 6.45) is 3.43. The molecule has 0 aliphatic carbocycles. The van der Waals surface area contributed by atoms with Crippen molar-refractivity contribution in [1.29, 1.82) is 0 Å². The third-order valence-electron chi connectivity index (χ3n) is 4.00. The summed E-state index contributed by atoms with van der Waals surface area (Å²) >= 11 is 1.64. The Kier molecular flexibility index (Phi) is 3.92. The van der Waals surface area contributed by atoms with Crippen molar-refractivity contribution in [2.75, 3.05) is 5.32 Å². The van der Waals surface area contributed by atoms with Crippen molar-refractivity contribution >= 4 is 27.4 Å². The van der Waals surface area contributed by atoms with Gasteiger partial charge in [0.25, 0.3) is 0 Å². The number of aromatic nitrogens is 3. The predicted octanol–water partition coefficient (Wildman–Crippen LogP) is 4.67. The van der Waals surface area contributed by atoms with Gasteiger partial charge in [-0.15, -0.1) is 11.3 Å². The number of hydrogen-bond donors (Lipinski definition) is 1. The van der Waals surface area contributed by atoms with Crippen molar-refractivity contribution in [3.8, 4) is 11.1 Å². The number of nitrogens with zero attached hydrogens (tertiary/aromatic N) is 3. The molecule has 0 unspecified atom stereocenters. The lowest BCUT2D eigenvalue weighted by Crippen LogP contribution is -2.05. The van der Waals surface area contributed by atoms with Gasteiger partial charge >= 0.3 is 0 Å². The maximum absolute atomic E-state index is 4.47. The van der Waals surface area contributed by atoms with Crippen LogP contribution >= 0.6 is 11.3 Å². The number of fused-ring (bicyclic) bond motifs is 1. The zero-order chi connectivity index (χ0) is 16.4. The highest BCUT2D eigenvalue weighted by molar-refractivity contribution is 7.17. The maximum Gasteiger partial charge on any atom is 0.139 e. The Labute approximate surface area is 144 Å². The second kappa shape index (κ2) is 6.37. The fraction of sp³-hybridized carbons (Fsp3) is 0.105. The molecule has 0 saturated carbocycles. The van der Waals surface area contributed by atoms with Gasteiger partial charge in [-0.05, 0) is 24.1 Å². The molecule has 0 amide bonds. The first-order valence-corrected chi connectivity index (χ1v) is 8.63. The van der Waals surface area contributed by atoms with Crippen LogP contribution in [-0.2, 0) is 6.54 Å². The Hall–Kier alpha value is -2.79. The van der Waals surface area contributed by atoms with Crippen molar-refractivity contribution in [3.63, 3.8) is 0 Å². The molecule has 118 valence electrons. The normalized spacial score (nSPS) is 10.9. The predicted molar refractivity (Wildman–Crippen MR) is 99.2 cm³/mol. The summed E-state index contributed by atoms with van der Waals surface area (Å²) in [5, 5.41) is 6.65. The summed E-state index contributed by atoms with van der Waals surface area (Å²) in [6.45, 7) is 2.71. The van der Waals surface area contributed by atoms with Crippen LogP contribution in [0.15, 0.2) is 60.4 Å². The van der Waals surface area contributed by atoms with Gasteiger partial charge in [0.05, 0.1) is 17.6 Å². The van der Waals surface area contributed by atoms with Crippen molar-refractivity contribution < 1.29 is 0 Å². The Bertz CT molecular complexity index is 979. The van der Waals surface area contributed by atoms with Crippen molar-refractivity contribution in [1.82, 2.24) is 15.0 Å². The van der Waals surface area contributed by atoms with Crippen LogP contribution in [0.4, 0.5) is 5.82 Å². The summed E-state index contributed by atoms with van der Waals surface area (Å²) in [7, 11) is 0. The summed E-state index contributed by atoms with van der Waals surface area (Å²) in [6, 6.07) is 14.4. The summed E-state index contributed by atoms with van der Waals surface area (Å²) < 4.78 is 0. The molecule has 0 radical (unpaired) electrons. The molecule has 4 rings (SSSR count). The lowest BCUT2D eigenvalue weighted by atomic mass is 10.1. The van der Waals surface area contributed by atoms with Gasteiger partial charge in [0, 0.05) is 17.1 Å². The number of hydrogen-bond acceptors (Lipinski definition) is 5. The third kappa shape index (κ3) is 2.74. The monoisotopic (exact) mass is 332 g/mol. The van der Waals surface area contributed by atoms with Crippen molar-refractivity contribution in [3.05, 3.63) is 71.6 Å². The zero-order valence-electron chi connectivity index (χ0n) is 13.2. The van der Waals surface area contributed by atoms with Gasteiger partial charge in [-0.25, -0.2) is 9.97 Å². The first-order chi connectivity index (χ1) is 11.8. The average Bonchev–Trinajstić information content (AvgIpc) is 3.06. The Balaban J connectivity index is 1.73. The van der Waals surface area contributed by atoms with Crippen LogP contribution in [0.1, 0.15) is 11.3 Å². The Morgan fingerprint density at radius 2 is 1.88 bits per heavy atom. The van der Waals surface area contributed by atoms with Gasteiger partial charge in [0.2, 0.25) is 0 Å². The van der Waals surface area contributed by atoms with E-state index in [4.69, 9.17) is 0 Å². The summed E-state index contributed by atoms with van der Waals surface area (Å²) in [5.41, 5.74) is 4.54. The second-order valence-electron chi connectivity index (χ2n) is 5.54. The number of benzene rings is 1. The number of anilines is 1. The molecule has 4 aromatic rings. The van der Waals surface area contributed by atoms with Crippen LogP contribution < -0.4 is 5.32 Å². The highest BCUT2D eigenvalue weighted by atomic mass is 32.1. The molecule has 1 aromatic carbocycles. The van der Waals surface area contributed by atoms with E-state index < -0.39 is 0 Å². The van der Waals surface area contributed by atoms with E-state index in [-0.39, 0.29) is 0 Å². The van der Waals surface area contributed by atoms with Gasteiger partial charge < -0.3 is 5.32 Å². The van der Waals surface area contributed by atoms with E-state index in [1.807, 2.05) is 30.5 Å². The van der Waals surface area contributed by atoms with Crippen LogP contribution in [0, 0.1) is 6.92 Å². The van der Waals surface area contributed by atoms with Gasteiger partial charge in [-0.1, -0.05) is 36.4 Å². The fourth-order valence-corrected chi connectivity index (χ4v) is 3.63. The molecule has 24 heavy (non-hydrogen) atoms. The molecule has 1 N–H and O–H groups in total. The van der Waals surface area contributed by atoms with E-state index >= 15 is 0 Å². The molecule has 4 nitrogen and oxygen atoms in total. The van der Waals surface area contributed by atoms with Crippen LogP contribution in [0.25, 0.3) is 21.3 Å². The van der Waals surface area contributed by atoms with E-state index in [9.17, 15) is 0 Å². The smallest absolute Gasteiger partial charge is 0.139 e. The van der Waals surface area contributed by atoms with Crippen LogP contribution in [0.5, 0.6) is 0 Å². The van der Waals surface area contributed by atoms with E-state index in [1.165, 1.54) is 11.1 Å². The first kappa shape index (κ1) is 14.8. The molecule has 3 heterocycles. The minimum Gasteiger partial charge on any atom is -0.364 e. The number of aryl methyl sites for hydroxylation is 1. The highest BCUT2D eigenvalue weighted by Gasteiger charge is 2.13. The number of thiophene rings is 1. The standard InChI is InChI=1S/C19H16N4S/c1-13-6-5-9-20-16(13)10-21-18-17-15(14-7-3-2-4-8-14)11-24-19(17)23-12-22-18/h2-9,11-12H,10H2,1H3,(H,21,22,23). The first-order valence-electron chi connectivity index (χ1n) is 7.75. The maximum atomic E-state index is 4.47. The molecule has 0 bridgehead atoms. The summed E-state index contributed by atoms with van der Waals surface area (Å²) in [4.78, 5) is 14.3. The van der Waals surface area contributed by atoms with Crippen molar-refractivity contribution in [2.45, 2.75) is 13.5 Å². The Morgan fingerprint density at radius 1 is 1.00 bits per heavy atom. The number of nitrogens with one attached hydrogen (secondary N) is 1. The Morgan fingerprint density at radius 3 is 2.71 bits per heavy atom. The molecular weight excluding hydrogens is 316 g/mol. The molecule has 0 aliphatic heterocycles. The molecule has 3 aromatic heterocycles. The van der Waals surface area contributed by atoms with Gasteiger partial charge in [0.1, 0.15) is 17.0 Å². The number of pyridine rings is 1. The third-order valence-corrected chi connectivity index (χ3v) is 4.88. The lowest BCUT2D eigenvalue weighted by molar-refractivity contribution is 1.01. The molecule has 0 fully saturated rings.